The normalized spacial score (nSPS) is 21.7. The van der Waals surface area contributed by atoms with E-state index in [9.17, 15) is 9.59 Å². The van der Waals surface area contributed by atoms with Crippen LogP contribution in [0.1, 0.15) is 17.2 Å². The second-order valence-electron chi connectivity index (χ2n) is 7.81. The number of benzene rings is 1. The highest BCUT2D eigenvalue weighted by Crippen LogP contribution is 2.41. The first-order valence-electron chi connectivity index (χ1n) is 10.9. The number of carbonyl (C=O) groups excluding carboxylic acids is 2. The predicted molar refractivity (Wildman–Crippen MR) is 123 cm³/mol. The SMILES string of the molecule is COc1nc(OC)nc(N2C(=O)[C@H](C=Cc3cccnc3)[C@H]2N2C(=O)OC[C@@H]2c2ccccc2)n1. The molecule has 2 fully saturated rings. The molecule has 0 N–H and O–H groups in total. The van der Waals surface area contributed by atoms with Crippen LogP contribution >= 0.6 is 0 Å². The van der Waals surface area contributed by atoms with Crippen LogP contribution in [0.25, 0.3) is 6.08 Å². The third-order valence-electron chi connectivity index (χ3n) is 5.83. The van der Waals surface area contributed by atoms with Gasteiger partial charge in [-0.15, -0.1) is 4.98 Å². The number of carbonyl (C=O) groups is 2. The number of β-lactam (4-membered cyclic amide) rings is 1. The lowest BCUT2D eigenvalue weighted by atomic mass is 9.90. The van der Waals surface area contributed by atoms with E-state index in [2.05, 4.69) is 19.9 Å². The van der Waals surface area contributed by atoms with E-state index in [4.69, 9.17) is 14.2 Å². The summed E-state index contributed by atoms with van der Waals surface area (Å²) in [5.74, 6) is -0.945. The van der Waals surface area contributed by atoms with Gasteiger partial charge in [-0.3, -0.25) is 19.6 Å². The van der Waals surface area contributed by atoms with Crippen molar-refractivity contribution >= 4 is 24.0 Å². The largest absolute Gasteiger partial charge is 0.467 e. The summed E-state index contributed by atoms with van der Waals surface area (Å²) in [4.78, 5) is 45.8. The van der Waals surface area contributed by atoms with Crippen LogP contribution in [-0.2, 0) is 9.53 Å². The van der Waals surface area contributed by atoms with Crippen LogP contribution in [-0.4, -0.2) is 63.8 Å². The van der Waals surface area contributed by atoms with Gasteiger partial charge in [-0.2, -0.15) is 9.97 Å². The van der Waals surface area contributed by atoms with E-state index in [1.165, 1.54) is 19.1 Å². The van der Waals surface area contributed by atoms with Crippen molar-refractivity contribution in [2.75, 3.05) is 25.7 Å². The van der Waals surface area contributed by atoms with E-state index in [0.717, 1.165) is 11.1 Å². The van der Waals surface area contributed by atoms with Crippen molar-refractivity contribution in [3.05, 3.63) is 72.1 Å². The second-order valence-corrected chi connectivity index (χ2v) is 7.81. The molecule has 0 spiro atoms. The number of hydrogen-bond donors (Lipinski definition) is 0. The molecule has 0 unspecified atom stereocenters. The number of pyridine rings is 1. The number of cyclic esters (lactones) is 1. The monoisotopic (exact) mass is 474 g/mol. The summed E-state index contributed by atoms with van der Waals surface area (Å²) in [5, 5.41) is 0. The molecule has 3 aromatic rings. The van der Waals surface area contributed by atoms with Gasteiger partial charge < -0.3 is 14.2 Å². The Balaban J connectivity index is 1.56. The van der Waals surface area contributed by atoms with Crippen molar-refractivity contribution in [3.63, 3.8) is 0 Å². The van der Waals surface area contributed by atoms with Gasteiger partial charge in [-0.25, -0.2) is 4.79 Å². The van der Waals surface area contributed by atoms with Gasteiger partial charge in [-0.1, -0.05) is 48.6 Å². The zero-order chi connectivity index (χ0) is 24.4. The lowest BCUT2D eigenvalue weighted by Crippen LogP contribution is -2.68. The van der Waals surface area contributed by atoms with Gasteiger partial charge in [-0.05, 0) is 17.2 Å². The number of aromatic nitrogens is 4. The third kappa shape index (κ3) is 4.12. The standard InChI is InChI=1S/C24H22N6O5/c1-33-22-26-21(27-23(28-22)34-2)30-19(17(20(30)31)11-10-15-7-6-12-25-13-15)29-18(14-35-24(29)32)16-8-4-3-5-9-16/h3-13,17-19H,14H2,1-2H3/t17-,18-,19+/m1/s1. The minimum atomic E-state index is -0.743. The molecule has 2 aliphatic rings. The van der Waals surface area contributed by atoms with Crippen LogP contribution in [0.2, 0.25) is 0 Å². The van der Waals surface area contributed by atoms with Crippen molar-refractivity contribution in [2.24, 2.45) is 5.92 Å². The Morgan fingerprint density at radius 2 is 1.74 bits per heavy atom. The summed E-state index contributed by atoms with van der Waals surface area (Å²) in [6.07, 6.45) is 5.63. The highest BCUT2D eigenvalue weighted by molar-refractivity contribution is 6.04. The maximum absolute atomic E-state index is 13.4. The fraction of sp³-hybridized carbons (Fsp3) is 0.250. The van der Waals surface area contributed by atoms with E-state index in [1.54, 1.807) is 35.5 Å². The Morgan fingerprint density at radius 3 is 2.40 bits per heavy atom. The van der Waals surface area contributed by atoms with Crippen LogP contribution < -0.4 is 14.4 Å². The molecule has 2 saturated heterocycles. The van der Waals surface area contributed by atoms with Crippen molar-refractivity contribution in [1.82, 2.24) is 24.8 Å². The molecule has 5 rings (SSSR count). The molecule has 0 aliphatic carbocycles. The quantitative estimate of drug-likeness (QED) is 0.476. The number of rotatable bonds is 7. The first-order valence-corrected chi connectivity index (χ1v) is 10.9. The van der Waals surface area contributed by atoms with Crippen molar-refractivity contribution < 1.29 is 23.8 Å². The maximum atomic E-state index is 13.4. The van der Waals surface area contributed by atoms with Gasteiger partial charge in [0.25, 0.3) is 0 Å². The zero-order valence-corrected chi connectivity index (χ0v) is 19.0. The topological polar surface area (TPSA) is 120 Å². The fourth-order valence-corrected chi connectivity index (χ4v) is 4.16. The minimum absolute atomic E-state index is 0.0150. The Hall–Kier alpha value is -4.54. The Morgan fingerprint density at radius 1 is 1.00 bits per heavy atom. The van der Waals surface area contributed by atoms with Gasteiger partial charge in [0.2, 0.25) is 11.9 Å². The molecule has 2 aromatic heterocycles. The molecule has 2 aliphatic heterocycles. The summed E-state index contributed by atoms with van der Waals surface area (Å²) in [6.45, 7) is 0.157. The molecule has 0 bridgehead atoms. The van der Waals surface area contributed by atoms with Gasteiger partial charge >= 0.3 is 18.1 Å². The lowest BCUT2D eigenvalue weighted by molar-refractivity contribution is -0.131. The second kappa shape index (κ2) is 9.37. The first kappa shape index (κ1) is 22.3. The highest BCUT2D eigenvalue weighted by Gasteiger charge is 2.56. The van der Waals surface area contributed by atoms with E-state index in [-0.39, 0.29) is 30.5 Å². The first-order chi connectivity index (χ1) is 17.1. The van der Waals surface area contributed by atoms with Gasteiger partial charge in [0, 0.05) is 12.4 Å². The number of anilines is 1. The fourth-order valence-electron chi connectivity index (χ4n) is 4.16. The number of ether oxygens (including phenoxy) is 3. The smallest absolute Gasteiger partial charge is 0.412 e. The molecule has 2 amide bonds. The van der Waals surface area contributed by atoms with Crippen molar-refractivity contribution in [3.8, 4) is 12.0 Å². The number of amides is 2. The molecule has 11 heteroatoms. The minimum Gasteiger partial charge on any atom is -0.467 e. The number of nitrogens with zero attached hydrogens (tertiary/aromatic N) is 6. The van der Waals surface area contributed by atoms with E-state index < -0.39 is 24.2 Å². The average Bonchev–Trinajstić information content (AvgIpc) is 3.28. The van der Waals surface area contributed by atoms with Gasteiger partial charge in [0.15, 0.2) is 0 Å². The predicted octanol–water partition coefficient (Wildman–Crippen LogP) is 2.48. The molecular formula is C24H22N6O5. The van der Waals surface area contributed by atoms with Crippen LogP contribution in [0.3, 0.4) is 0 Å². The molecule has 1 aromatic carbocycles. The Labute approximate surface area is 201 Å². The molecule has 0 radical (unpaired) electrons. The molecule has 0 saturated carbocycles. The van der Waals surface area contributed by atoms with Crippen LogP contribution in [0.5, 0.6) is 12.0 Å². The maximum Gasteiger partial charge on any atom is 0.412 e. The van der Waals surface area contributed by atoms with E-state index >= 15 is 0 Å². The number of hydrogen-bond acceptors (Lipinski definition) is 9. The Kier molecular flexibility index (Phi) is 5.96. The van der Waals surface area contributed by atoms with Crippen LogP contribution in [0.4, 0.5) is 10.7 Å². The summed E-state index contributed by atoms with van der Waals surface area (Å²) in [7, 11) is 2.80. The molecule has 3 atom stereocenters. The molecule has 35 heavy (non-hydrogen) atoms. The summed E-state index contributed by atoms with van der Waals surface area (Å²) >= 11 is 0. The highest BCUT2D eigenvalue weighted by atomic mass is 16.6. The third-order valence-corrected chi connectivity index (χ3v) is 5.83. The van der Waals surface area contributed by atoms with Crippen LogP contribution in [0, 0.1) is 5.92 Å². The lowest BCUT2D eigenvalue weighted by Gasteiger charge is -2.49. The molecule has 4 heterocycles. The van der Waals surface area contributed by atoms with Gasteiger partial charge in [0.1, 0.15) is 12.8 Å². The summed E-state index contributed by atoms with van der Waals surface area (Å²) < 4.78 is 15.7. The van der Waals surface area contributed by atoms with Crippen molar-refractivity contribution in [2.45, 2.75) is 12.2 Å². The summed E-state index contributed by atoms with van der Waals surface area (Å²) in [5.41, 5.74) is 1.71. The molecule has 11 nitrogen and oxygen atoms in total. The van der Waals surface area contributed by atoms with Crippen LogP contribution in [0.15, 0.2) is 60.9 Å². The molecular weight excluding hydrogens is 452 g/mol. The summed E-state index contributed by atoms with van der Waals surface area (Å²) in [6, 6.07) is 12.8. The van der Waals surface area contributed by atoms with E-state index in [1.807, 2.05) is 36.4 Å². The zero-order valence-electron chi connectivity index (χ0n) is 19.0. The Bertz CT molecular complexity index is 1230. The number of methoxy groups -OCH3 is 2. The van der Waals surface area contributed by atoms with Crippen molar-refractivity contribution in [1.29, 1.82) is 0 Å². The van der Waals surface area contributed by atoms with E-state index in [0.29, 0.717) is 0 Å². The molecule has 178 valence electrons. The van der Waals surface area contributed by atoms with Gasteiger partial charge in [0.05, 0.1) is 26.2 Å². The average molecular weight is 474 g/mol.